The van der Waals surface area contributed by atoms with Gasteiger partial charge in [0.05, 0.1) is 19.8 Å². The molecule has 0 aliphatic carbocycles. The van der Waals surface area contributed by atoms with Gasteiger partial charge in [-0.05, 0) is 0 Å². The Bertz CT molecular complexity index is 250. The van der Waals surface area contributed by atoms with E-state index < -0.39 is 18.2 Å². The highest BCUT2D eigenvalue weighted by molar-refractivity contribution is 5.81. The van der Waals surface area contributed by atoms with Crippen molar-refractivity contribution < 1.29 is 29.3 Å². The van der Waals surface area contributed by atoms with Gasteiger partial charge in [0.2, 0.25) is 0 Å². The van der Waals surface area contributed by atoms with Crippen LogP contribution >= 0.6 is 0 Å². The van der Waals surface area contributed by atoms with Gasteiger partial charge in [-0.15, -0.1) is 0 Å². The van der Waals surface area contributed by atoms with Crippen molar-refractivity contribution in [2.75, 3.05) is 26.4 Å². The monoisotopic (exact) mass is 233 g/mol. The number of hydrogen-bond donors (Lipinski definition) is 3. The smallest absolute Gasteiger partial charge is 0.332 e. The largest absolute Gasteiger partial charge is 0.479 e. The van der Waals surface area contributed by atoms with Gasteiger partial charge in [0.15, 0.2) is 12.2 Å². The number of carboxylic acids is 1. The number of aliphatic carboxylic acids is 1. The summed E-state index contributed by atoms with van der Waals surface area (Å²) in [7, 11) is 0. The summed E-state index contributed by atoms with van der Waals surface area (Å²) < 4.78 is 10.2. The van der Waals surface area contributed by atoms with Crippen molar-refractivity contribution in [1.82, 2.24) is 5.32 Å². The average Bonchev–Trinajstić information content (AvgIpc) is 2.29. The number of aliphatic hydroxyl groups excluding tert-OH is 1. The van der Waals surface area contributed by atoms with Crippen molar-refractivity contribution in [3.05, 3.63) is 0 Å². The molecule has 0 aromatic carbocycles. The molecule has 1 aliphatic heterocycles. The Labute approximate surface area is 92.3 Å². The van der Waals surface area contributed by atoms with E-state index in [1.807, 2.05) is 0 Å². The molecule has 1 aliphatic rings. The maximum absolute atomic E-state index is 11.4. The summed E-state index contributed by atoms with van der Waals surface area (Å²) in [5.74, 6) is -1.65. The molecule has 92 valence electrons. The highest BCUT2D eigenvalue weighted by atomic mass is 16.6. The number of hydrogen-bond acceptors (Lipinski definition) is 5. The summed E-state index contributed by atoms with van der Waals surface area (Å²) in [6.45, 7) is 1.14. The number of ether oxygens (including phenoxy) is 2. The fourth-order valence-electron chi connectivity index (χ4n) is 1.21. The molecule has 16 heavy (non-hydrogen) atoms. The Morgan fingerprint density at radius 3 is 2.75 bits per heavy atom. The number of rotatable bonds is 5. The molecular weight excluding hydrogens is 218 g/mol. The lowest BCUT2D eigenvalue weighted by Gasteiger charge is -2.22. The van der Waals surface area contributed by atoms with Gasteiger partial charge in [0, 0.05) is 13.0 Å². The second-order valence-electron chi connectivity index (χ2n) is 3.37. The summed E-state index contributed by atoms with van der Waals surface area (Å²) in [6.07, 6.45) is -2.13. The lowest BCUT2D eigenvalue weighted by molar-refractivity contribution is -0.149. The number of carbonyl (C=O) groups excluding carboxylic acids is 1. The second-order valence-corrected chi connectivity index (χ2v) is 3.37. The molecule has 0 spiro atoms. The van der Waals surface area contributed by atoms with Crippen LogP contribution in [0.1, 0.15) is 6.42 Å². The molecule has 0 aromatic heterocycles. The number of aliphatic hydroxyl groups is 1. The van der Waals surface area contributed by atoms with Crippen LogP contribution in [0.2, 0.25) is 0 Å². The zero-order valence-electron chi connectivity index (χ0n) is 8.72. The molecule has 3 N–H and O–H groups in total. The highest BCUT2D eigenvalue weighted by Crippen LogP contribution is 2.00. The van der Waals surface area contributed by atoms with E-state index in [4.69, 9.17) is 19.7 Å². The van der Waals surface area contributed by atoms with E-state index >= 15 is 0 Å². The fourth-order valence-corrected chi connectivity index (χ4v) is 1.21. The van der Waals surface area contributed by atoms with Crippen molar-refractivity contribution in [1.29, 1.82) is 0 Å². The van der Waals surface area contributed by atoms with E-state index in [9.17, 15) is 9.59 Å². The molecule has 7 heteroatoms. The van der Waals surface area contributed by atoms with Crippen LogP contribution in [-0.2, 0) is 19.1 Å². The average molecular weight is 233 g/mol. The van der Waals surface area contributed by atoms with Crippen molar-refractivity contribution in [2.45, 2.75) is 18.6 Å². The van der Waals surface area contributed by atoms with Crippen LogP contribution in [0, 0.1) is 0 Å². The first-order valence-corrected chi connectivity index (χ1v) is 4.99. The molecule has 0 bridgehead atoms. The normalized spacial score (nSPS) is 22.4. The summed E-state index contributed by atoms with van der Waals surface area (Å²) in [5.41, 5.74) is 0. The third-order valence-electron chi connectivity index (χ3n) is 2.11. The Morgan fingerprint density at radius 2 is 2.19 bits per heavy atom. The summed E-state index contributed by atoms with van der Waals surface area (Å²) in [5, 5.41) is 19.8. The van der Waals surface area contributed by atoms with E-state index in [2.05, 4.69) is 5.32 Å². The van der Waals surface area contributed by atoms with Gasteiger partial charge < -0.3 is 25.0 Å². The first-order valence-electron chi connectivity index (χ1n) is 4.99. The first kappa shape index (κ1) is 12.9. The molecule has 2 atom stereocenters. The molecule has 1 saturated heterocycles. The van der Waals surface area contributed by atoms with Crippen molar-refractivity contribution in [2.24, 2.45) is 0 Å². The van der Waals surface area contributed by atoms with Crippen molar-refractivity contribution >= 4 is 11.9 Å². The summed E-state index contributed by atoms with van der Waals surface area (Å²) in [6, 6.07) is 0. The van der Waals surface area contributed by atoms with Crippen molar-refractivity contribution in [3.8, 4) is 0 Å². The van der Waals surface area contributed by atoms with Gasteiger partial charge in [-0.25, -0.2) is 4.79 Å². The zero-order chi connectivity index (χ0) is 12.0. The van der Waals surface area contributed by atoms with Crippen LogP contribution in [0.5, 0.6) is 0 Å². The van der Waals surface area contributed by atoms with Gasteiger partial charge in [-0.2, -0.15) is 0 Å². The van der Waals surface area contributed by atoms with E-state index in [0.29, 0.717) is 13.2 Å². The molecule has 1 fully saturated rings. The summed E-state index contributed by atoms with van der Waals surface area (Å²) in [4.78, 5) is 21.7. The number of carboxylic acid groups (broad SMARTS) is 1. The lowest BCUT2D eigenvalue weighted by atomic mass is 10.2. The molecule has 0 saturated carbocycles. The molecule has 1 rings (SSSR count). The van der Waals surface area contributed by atoms with Gasteiger partial charge in [0.25, 0.3) is 5.91 Å². The Balaban J connectivity index is 2.16. The van der Waals surface area contributed by atoms with Gasteiger partial charge in [-0.3, -0.25) is 4.79 Å². The second kappa shape index (κ2) is 6.41. The topological polar surface area (TPSA) is 105 Å². The maximum Gasteiger partial charge on any atom is 0.332 e. The maximum atomic E-state index is 11.4. The van der Waals surface area contributed by atoms with Crippen LogP contribution in [0.15, 0.2) is 0 Å². The molecule has 1 heterocycles. The third kappa shape index (κ3) is 4.13. The standard InChI is InChI=1S/C9H15NO6/c11-6(9(13)14)1-2-10-8(12)7-5-15-3-4-16-7/h6-7,11H,1-5H2,(H,10,12)(H,13,14)/t6-,7?/m0/s1. The Kier molecular flexibility index (Phi) is 5.17. The number of amides is 1. The van der Waals surface area contributed by atoms with E-state index in [-0.39, 0.29) is 25.5 Å². The molecular formula is C9H15NO6. The van der Waals surface area contributed by atoms with Gasteiger partial charge >= 0.3 is 5.97 Å². The van der Waals surface area contributed by atoms with E-state index in [0.717, 1.165) is 0 Å². The van der Waals surface area contributed by atoms with Crippen LogP contribution in [0.3, 0.4) is 0 Å². The predicted octanol–water partition coefficient (Wildman–Crippen LogP) is -1.65. The van der Waals surface area contributed by atoms with Crippen LogP contribution in [-0.4, -0.2) is 60.7 Å². The Hall–Kier alpha value is -1.18. The van der Waals surface area contributed by atoms with Gasteiger partial charge in [-0.1, -0.05) is 0 Å². The first-order chi connectivity index (χ1) is 7.61. The molecule has 0 radical (unpaired) electrons. The predicted molar refractivity (Wildman–Crippen MR) is 51.8 cm³/mol. The van der Waals surface area contributed by atoms with Crippen molar-refractivity contribution in [3.63, 3.8) is 0 Å². The highest BCUT2D eigenvalue weighted by Gasteiger charge is 2.22. The fraction of sp³-hybridized carbons (Fsp3) is 0.778. The molecule has 1 unspecified atom stereocenters. The zero-order valence-corrected chi connectivity index (χ0v) is 8.72. The summed E-state index contributed by atoms with van der Waals surface area (Å²) >= 11 is 0. The molecule has 0 aromatic rings. The minimum atomic E-state index is -1.45. The van der Waals surface area contributed by atoms with Crippen LogP contribution in [0.25, 0.3) is 0 Å². The number of carbonyl (C=O) groups is 2. The lowest BCUT2D eigenvalue weighted by Crippen LogP contribution is -2.43. The quantitative estimate of drug-likeness (QED) is 0.525. The minimum absolute atomic E-state index is 0.0331. The van der Waals surface area contributed by atoms with Crippen LogP contribution < -0.4 is 5.32 Å². The molecule has 1 amide bonds. The molecule has 7 nitrogen and oxygen atoms in total. The van der Waals surface area contributed by atoms with E-state index in [1.165, 1.54) is 0 Å². The third-order valence-corrected chi connectivity index (χ3v) is 2.11. The van der Waals surface area contributed by atoms with E-state index in [1.54, 1.807) is 0 Å². The van der Waals surface area contributed by atoms with Crippen LogP contribution in [0.4, 0.5) is 0 Å². The Morgan fingerprint density at radius 1 is 1.44 bits per heavy atom. The SMILES string of the molecule is O=C(NCC[C@H](O)C(=O)O)C1COCCO1. The number of nitrogens with one attached hydrogen (secondary N) is 1. The minimum Gasteiger partial charge on any atom is -0.479 e. The van der Waals surface area contributed by atoms with Gasteiger partial charge in [0.1, 0.15) is 0 Å².